The van der Waals surface area contributed by atoms with Gasteiger partial charge in [0.25, 0.3) is 0 Å². The van der Waals surface area contributed by atoms with Crippen LogP contribution in [0.15, 0.2) is 0 Å². The van der Waals surface area contributed by atoms with Gasteiger partial charge in [0.15, 0.2) is 0 Å². The molecule has 0 aromatic rings. The molecule has 0 unspecified atom stereocenters. The van der Waals surface area contributed by atoms with E-state index in [2.05, 4.69) is 0 Å². The molecule has 0 aromatic heterocycles. The summed E-state index contributed by atoms with van der Waals surface area (Å²) in [6.45, 7) is 0. The second-order valence-corrected chi connectivity index (χ2v) is 1.34. The minimum Gasteiger partial charge on any atom is -1.00 e. The molecule has 0 fully saturated rings. The first-order valence-corrected chi connectivity index (χ1v) is 1.34. The van der Waals surface area contributed by atoms with Crippen LogP contribution in [0.1, 0.15) is 0 Å². The maximum atomic E-state index is 2.00. The Hall–Kier alpha value is 1.99. The standard InChI is InChI=1S/C3H9N.4ClH.Hf/c1-4(2)3;;;;;/h1-3H3;4*1H;/q;;;;;+4/p-4. The average molecular weight is 379 g/mol. The molecule has 6 heteroatoms. The van der Waals surface area contributed by atoms with Crippen molar-refractivity contribution in [2.75, 3.05) is 21.1 Å². The topological polar surface area (TPSA) is 3.24 Å². The van der Waals surface area contributed by atoms with Crippen molar-refractivity contribution in [3.63, 3.8) is 0 Å². The summed E-state index contributed by atoms with van der Waals surface area (Å²) in [6.07, 6.45) is 0. The second kappa shape index (κ2) is 32.4. The van der Waals surface area contributed by atoms with E-state index in [1.807, 2.05) is 26.0 Å². The van der Waals surface area contributed by atoms with Gasteiger partial charge < -0.3 is 54.5 Å². The summed E-state index contributed by atoms with van der Waals surface area (Å²) in [5.74, 6) is 0. The molecular formula is C3H9Cl4HfN. The molecule has 1 nitrogen and oxygen atoms in total. The van der Waals surface area contributed by atoms with Crippen LogP contribution in [0.2, 0.25) is 0 Å². The maximum absolute atomic E-state index is 2.00. The molecule has 0 saturated carbocycles. The number of hydrogen-bond donors (Lipinski definition) is 0. The SMILES string of the molecule is CN(C)C.[Cl-].[Cl-].[Cl-].[Cl-].[Hf+4]. The normalized spacial score (nSPS) is 4.00. The fourth-order valence-electron chi connectivity index (χ4n) is 0. The Morgan fingerprint density at radius 1 is 0.667 bits per heavy atom. The van der Waals surface area contributed by atoms with E-state index in [0.29, 0.717) is 0 Å². The van der Waals surface area contributed by atoms with E-state index in [4.69, 9.17) is 0 Å². The van der Waals surface area contributed by atoms with Gasteiger partial charge in [0.2, 0.25) is 0 Å². The van der Waals surface area contributed by atoms with E-state index >= 15 is 0 Å². The summed E-state index contributed by atoms with van der Waals surface area (Å²) >= 11 is 0. The third kappa shape index (κ3) is 161. The average Bonchev–Trinajstić information content (AvgIpc) is 0.811. The Labute approximate surface area is 101 Å². The van der Waals surface area contributed by atoms with E-state index in [9.17, 15) is 0 Å². The predicted molar refractivity (Wildman–Crippen MR) is 19.6 cm³/mol. The van der Waals surface area contributed by atoms with Crippen molar-refractivity contribution in [3.05, 3.63) is 0 Å². The van der Waals surface area contributed by atoms with Crippen LogP contribution in [-0.2, 0) is 25.8 Å². The largest absolute Gasteiger partial charge is 4.00 e. The molecule has 0 bridgehead atoms. The van der Waals surface area contributed by atoms with Crippen molar-refractivity contribution < 1.29 is 75.5 Å². The molecular weight excluding hydrogens is 370 g/mol. The van der Waals surface area contributed by atoms with Gasteiger partial charge in [-0.25, -0.2) is 0 Å². The first-order chi connectivity index (χ1) is 1.73. The molecule has 0 atom stereocenters. The van der Waals surface area contributed by atoms with Crippen LogP contribution >= 0.6 is 0 Å². The minimum atomic E-state index is 0. The zero-order valence-corrected chi connectivity index (χ0v) is 12.1. The number of rotatable bonds is 0. The summed E-state index contributed by atoms with van der Waals surface area (Å²) in [5, 5.41) is 0. The molecule has 0 rings (SSSR count). The van der Waals surface area contributed by atoms with Gasteiger partial charge in [0.1, 0.15) is 0 Å². The Morgan fingerprint density at radius 3 is 0.667 bits per heavy atom. The molecule has 0 heterocycles. The number of hydrogen-bond acceptors (Lipinski definition) is 1. The van der Waals surface area contributed by atoms with Gasteiger partial charge in [-0.05, 0) is 21.1 Å². The van der Waals surface area contributed by atoms with Crippen molar-refractivity contribution >= 4 is 0 Å². The molecule has 9 heavy (non-hydrogen) atoms. The van der Waals surface area contributed by atoms with Crippen molar-refractivity contribution in [2.45, 2.75) is 0 Å². The number of nitrogens with zero attached hydrogens (tertiary/aromatic N) is 1. The van der Waals surface area contributed by atoms with Gasteiger partial charge in [0.05, 0.1) is 0 Å². The molecule has 58 valence electrons. The zero-order valence-electron chi connectivity index (χ0n) is 5.46. The molecule has 0 aromatic carbocycles. The fourth-order valence-corrected chi connectivity index (χ4v) is 0. The van der Waals surface area contributed by atoms with Crippen LogP contribution in [0.5, 0.6) is 0 Å². The van der Waals surface area contributed by atoms with E-state index in [1.54, 1.807) is 0 Å². The van der Waals surface area contributed by atoms with Gasteiger partial charge in [-0.3, -0.25) is 0 Å². The third-order valence-corrected chi connectivity index (χ3v) is 0. The first kappa shape index (κ1) is 44.0. The molecule has 0 N–H and O–H groups in total. The van der Waals surface area contributed by atoms with Gasteiger partial charge in [-0.2, -0.15) is 0 Å². The van der Waals surface area contributed by atoms with Gasteiger partial charge >= 0.3 is 25.8 Å². The maximum Gasteiger partial charge on any atom is 4.00 e. The predicted octanol–water partition coefficient (Wildman–Crippen LogP) is -11.8. The first-order valence-electron chi connectivity index (χ1n) is 1.34. The van der Waals surface area contributed by atoms with Crippen molar-refractivity contribution in [2.24, 2.45) is 0 Å². The fraction of sp³-hybridized carbons (Fsp3) is 1.00. The third-order valence-electron chi connectivity index (χ3n) is 0. The van der Waals surface area contributed by atoms with Gasteiger partial charge in [0, 0.05) is 0 Å². The Balaban J connectivity index is -0.00000000450. The van der Waals surface area contributed by atoms with Crippen molar-refractivity contribution in [1.82, 2.24) is 4.90 Å². The van der Waals surface area contributed by atoms with Crippen molar-refractivity contribution in [1.29, 1.82) is 0 Å². The second-order valence-electron chi connectivity index (χ2n) is 1.34. The molecule has 0 aliphatic carbocycles. The smallest absolute Gasteiger partial charge is 1.00 e. The Morgan fingerprint density at radius 2 is 0.667 bits per heavy atom. The van der Waals surface area contributed by atoms with Gasteiger partial charge in [-0.15, -0.1) is 0 Å². The van der Waals surface area contributed by atoms with Crippen LogP contribution in [0.25, 0.3) is 0 Å². The summed E-state index contributed by atoms with van der Waals surface area (Å²) in [6, 6.07) is 0. The monoisotopic (exact) mass is 379 g/mol. The zero-order chi connectivity index (χ0) is 3.58. The quantitative estimate of drug-likeness (QED) is 0.378. The van der Waals surface area contributed by atoms with E-state index in [0.717, 1.165) is 0 Å². The van der Waals surface area contributed by atoms with E-state index in [-0.39, 0.29) is 75.5 Å². The number of halogens is 4. The van der Waals surface area contributed by atoms with Crippen molar-refractivity contribution in [3.8, 4) is 0 Å². The molecule has 0 saturated heterocycles. The summed E-state index contributed by atoms with van der Waals surface area (Å²) in [5.41, 5.74) is 0. The summed E-state index contributed by atoms with van der Waals surface area (Å²) in [4.78, 5) is 2.00. The van der Waals surface area contributed by atoms with Crippen LogP contribution in [-0.4, -0.2) is 26.0 Å². The van der Waals surface area contributed by atoms with Crippen LogP contribution in [0.3, 0.4) is 0 Å². The Bertz CT molecular complexity index is 20.5. The molecule has 0 amide bonds. The minimum absolute atomic E-state index is 0. The van der Waals surface area contributed by atoms with Gasteiger partial charge in [-0.1, -0.05) is 0 Å². The van der Waals surface area contributed by atoms with Crippen LogP contribution in [0.4, 0.5) is 0 Å². The van der Waals surface area contributed by atoms with E-state index in [1.165, 1.54) is 0 Å². The summed E-state index contributed by atoms with van der Waals surface area (Å²) < 4.78 is 0. The van der Waals surface area contributed by atoms with Crippen LogP contribution < -0.4 is 49.6 Å². The Kier molecular flexibility index (Phi) is 159. The van der Waals surface area contributed by atoms with E-state index < -0.39 is 0 Å². The molecule has 0 radical (unpaired) electrons. The molecule has 0 spiro atoms. The van der Waals surface area contributed by atoms with Crippen LogP contribution in [0, 0.1) is 0 Å². The molecule has 0 aliphatic rings. The summed E-state index contributed by atoms with van der Waals surface area (Å²) in [7, 11) is 6.00. The molecule has 0 aliphatic heterocycles.